The molecule has 0 aromatic carbocycles. The highest BCUT2D eigenvalue weighted by atomic mass is 16.1. The fourth-order valence-electron chi connectivity index (χ4n) is 0.788. The van der Waals surface area contributed by atoms with E-state index in [1.54, 1.807) is 14.1 Å². The summed E-state index contributed by atoms with van der Waals surface area (Å²) in [6.07, 6.45) is 1.36. The molecular weight excluding hydrogens is 144 g/mol. The van der Waals surface area contributed by atoms with Crippen molar-refractivity contribution in [2.24, 2.45) is 7.05 Å². The molecule has 0 fully saturated rings. The van der Waals surface area contributed by atoms with Crippen molar-refractivity contribution in [3.05, 3.63) is 12.2 Å². The SMILES string of the molecule is CNCC(=O)c1ncnn1C. The number of nitrogens with zero attached hydrogens (tertiary/aromatic N) is 3. The zero-order valence-corrected chi connectivity index (χ0v) is 6.53. The minimum Gasteiger partial charge on any atom is -0.313 e. The predicted octanol–water partition coefficient (Wildman–Crippen LogP) is -0.783. The molecule has 0 unspecified atom stereocenters. The van der Waals surface area contributed by atoms with Crippen molar-refractivity contribution in [1.29, 1.82) is 0 Å². The highest BCUT2D eigenvalue weighted by Crippen LogP contribution is 1.90. The molecule has 1 aromatic rings. The van der Waals surface area contributed by atoms with Crippen molar-refractivity contribution in [3.63, 3.8) is 0 Å². The van der Waals surface area contributed by atoms with Crippen LogP contribution in [0.3, 0.4) is 0 Å². The van der Waals surface area contributed by atoms with Crippen molar-refractivity contribution in [2.75, 3.05) is 13.6 Å². The lowest BCUT2D eigenvalue weighted by molar-refractivity contribution is 0.0979. The summed E-state index contributed by atoms with van der Waals surface area (Å²) in [5.74, 6) is 0.340. The van der Waals surface area contributed by atoms with Gasteiger partial charge in [-0.15, -0.1) is 0 Å². The summed E-state index contributed by atoms with van der Waals surface area (Å²) < 4.78 is 1.46. The molecule has 1 rings (SSSR count). The molecule has 11 heavy (non-hydrogen) atoms. The fraction of sp³-hybridized carbons (Fsp3) is 0.500. The molecule has 0 radical (unpaired) electrons. The molecule has 0 amide bonds. The average Bonchev–Trinajstić information content (AvgIpc) is 2.36. The highest BCUT2D eigenvalue weighted by molar-refractivity contribution is 5.94. The molecule has 0 atom stereocenters. The fourth-order valence-corrected chi connectivity index (χ4v) is 0.788. The van der Waals surface area contributed by atoms with Gasteiger partial charge in [0.2, 0.25) is 5.78 Å². The molecule has 0 spiro atoms. The summed E-state index contributed by atoms with van der Waals surface area (Å²) in [5.41, 5.74) is 0. The van der Waals surface area contributed by atoms with E-state index in [0.717, 1.165) is 0 Å². The number of hydrogen-bond donors (Lipinski definition) is 1. The lowest BCUT2D eigenvalue weighted by Gasteiger charge is -1.96. The van der Waals surface area contributed by atoms with Crippen LogP contribution in [-0.2, 0) is 7.05 Å². The Bertz CT molecular complexity index is 255. The summed E-state index contributed by atoms with van der Waals surface area (Å²) in [4.78, 5) is 14.9. The smallest absolute Gasteiger partial charge is 0.213 e. The number of aromatic nitrogens is 3. The standard InChI is InChI=1S/C6H10N4O/c1-7-3-5(11)6-8-4-9-10(6)2/h4,7H,3H2,1-2H3. The topological polar surface area (TPSA) is 59.8 Å². The predicted molar refractivity (Wildman–Crippen MR) is 39.3 cm³/mol. The first-order valence-electron chi connectivity index (χ1n) is 3.27. The van der Waals surface area contributed by atoms with E-state index in [1.165, 1.54) is 11.0 Å². The molecule has 0 aliphatic carbocycles. The number of likely N-dealkylation sites (N-methyl/N-ethyl adjacent to an activating group) is 1. The van der Waals surface area contributed by atoms with E-state index >= 15 is 0 Å². The van der Waals surface area contributed by atoms with Crippen LogP contribution in [0.1, 0.15) is 10.6 Å². The molecule has 60 valence electrons. The number of carbonyl (C=O) groups excluding carboxylic acids is 1. The second kappa shape index (κ2) is 3.25. The molecule has 1 N–H and O–H groups in total. The lowest BCUT2D eigenvalue weighted by Crippen LogP contribution is -2.21. The number of rotatable bonds is 3. The van der Waals surface area contributed by atoms with Crippen molar-refractivity contribution in [3.8, 4) is 0 Å². The minimum absolute atomic E-state index is 0.0486. The van der Waals surface area contributed by atoms with Crippen LogP contribution in [0, 0.1) is 0 Å². The van der Waals surface area contributed by atoms with Crippen molar-refractivity contribution in [1.82, 2.24) is 20.1 Å². The van der Waals surface area contributed by atoms with Gasteiger partial charge in [-0.1, -0.05) is 0 Å². The molecule has 0 aliphatic heterocycles. The maximum absolute atomic E-state index is 11.1. The Kier molecular flexibility index (Phi) is 2.32. The number of carbonyl (C=O) groups is 1. The molecule has 5 heteroatoms. The second-order valence-electron chi connectivity index (χ2n) is 2.16. The average molecular weight is 154 g/mol. The summed E-state index contributed by atoms with van der Waals surface area (Å²) in [7, 11) is 3.41. The Hall–Kier alpha value is -1.23. The van der Waals surface area contributed by atoms with E-state index in [0.29, 0.717) is 12.4 Å². The van der Waals surface area contributed by atoms with Gasteiger partial charge in [-0.2, -0.15) is 5.10 Å². The first-order chi connectivity index (χ1) is 5.25. The monoisotopic (exact) mass is 154 g/mol. The Morgan fingerprint density at radius 3 is 3.00 bits per heavy atom. The van der Waals surface area contributed by atoms with Crippen LogP contribution in [0.15, 0.2) is 6.33 Å². The van der Waals surface area contributed by atoms with E-state index in [9.17, 15) is 4.79 Å². The summed E-state index contributed by atoms with van der Waals surface area (Å²) in [5, 5.41) is 6.53. The van der Waals surface area contributed by atoms with Gasteiger partial charge in [0.1, 0.15) is 6.33 Å². The Balaban J connectivity index is 2.76. The first-order valence-corrected chi connectivity index (χ1v) is 3.27. The van der Waals surface area contributed by atoms with Crippen LogP contribution in [-0.4, -0.2) is 34.1 Å². The molecule has 0 saturated heterocycles. The maximum atomic E-state index is 11.1. The van der Waals surface area contributed by atoms with Gasteiger partial charge in [0.15, 0.2) is 5.82 Å². The highest BCUT2D eigenvalue weighted by Gasteiger charge is 2.09. The minimum atomic E-state index is -0.0486. The normalized spacial score (nSPS) is 10.0. The molecule has 0 bridgehead atoms. The maximum Gasteiger partial charge on any atom is 0.213 e. The summed E-state index contributed by atoms with van der Waals surface area (Å²) >= 11 is 0. The first kappa shape index (κ1) is 7.87. The molecule has 1 aromatic heterocycles. The third kappa shape index (κ3) is 1.62. The van der Waals surface area contributed by atoms with Crippen LogP contribution in [0.2, 0.25) is 0 Å². The van der Waals surface area contributed by atoms with Crippen LogP contribution < -0.4 is 5.32 Å². The van der Waals surface area contributed by atoms with Gasteiger partial charge in [0.25, 0.3) is 0 Å². The number of ketones is 1. The third-order valence-corrected chi connectivity index (χ3v) is 1.30. The van der Waals surface area contributed by atoms with E-state index in [2.05, 4.69) is 15.4 Å². The molecule has 0 aliphatic rings. The second-order valence-corrected chi connectivity index (χ2v) is 2.16. The van der Waals surface area contributed by atoms with Crippen LogP contribution in [0.25, 0.3) is 0 Å². The Morgan fingerprint density at radius 2 is 2.55 bits per heavy atom. The van der Waals surface area contributed by atoms with E-state index < -0.39 is 0 Å². The van der Waals surface area contributed by atoms with Crippen LogP contribution in [0.5, 0.6) is 0 Å². The zero-order chi connectivity index (χ0) is 8.27. The number of Topliss-reactive ketones (excluding diaryl/α,β-unsaturated/α-hetero) is 1. The van der Waals surface area contributed by atoms with Crippen LogP contribution >= 0.6 is 0 Å². The van der Waals surface area contributed by atoms with Gasteiger partial charge in [-0.25, -0.2) is 9.67 Å². The van der Waals surface area contributed by atoms with Crippen molar-refractivity contribution < 1.29 is 4.79 Å². The van der Waals surface area contributed by atoms with E-state index in [-0.39, 0.29) is 5.78 Å². The van der Waals surface area contributed by atoms with Gasteiger partial charge < -0.3 is 5.32 Å². The van der Waals surface area contributed by atoms with Gasteiger partial charge in [-0.3, -0.25) is 4.79 Å². The summed E-state index contributed by atoms with van der Waals surface area (Å²) in [6.45, 7) is 0.298. The van der Waals surface area contributed by atoms with Gasteiger partial charge >= 0.3 is 0 Å². The largest absolute Gasteiger partial charge is 0.313 e. The van der Waals surface area contributed by atoms with Crippen molar-refractivity contribution in [2.45, 2.75) is 0 Å². The van der Waals surface area contributed by atoms with Crippen LogP contribution in [0.4, 0.5) is 0 Å². The molecule has 0 saturated carbocycles. The van der Waals surface area contributed by atoms with E-state index in [4.69, 9.17) is 0 Å². The number of hydrogen-bond acceptors (Lipinski definition) is 4. The summed E-state index contributed by atoms with van der Waals surface area (Å²) in [6, 6.07) is 0. The van der Waals surface area contributed by atoms with Gasteiger partial charge in [0, 0.05) is 7.05 Å². The molecule has 5 nitrogen and oxygen atoms in total. The molecule has 1 heterocycles. The quantitative estimate of drug-likeness (QED) is 0.580. The Labute approximate surface area is 64.4 Å². The number of aryl methyl sites for hydroxylation is 1. The van der Waals surface area contributed by atoms with E-state index in [1.807, 2.05) is 0 Å². The number of nitrogens with one attached hydrogen (secondary N) is 1. The van der Waals surface area contributed by atoms with Gasteiger partial charge in [-0.05, 0) is 7.05 Å². The van der Waals surface area contributed by atoms with Crippen molar-refractivity contribution >= 4 is 5.78 Å². The third-order valence-electron chi connectivity index (χ3n) is 1.30. The Morgan fingerprint density at radius 1 is 1.82 bits per heavy atom. The lowest BCUT2D eigenvalue weighted by atomic mass is 10.4. The zero-order valence-electron chi connectivity index (χ0n) is 6.53. The van der Waals surface area contributed by atoms with Gasteiger partial charge in [0.05, 0.1) is 6.54 Å². The molecular formula is C6H10N4O.